The molecule has 0 bridgehead atoms. The van der Waals surface area contributed by atoms with Gasteiger partial charge in [0.05, 0.1) is 11.0 Å². The normalized spacial score (nSPS) is 11.8. The molecule has 0 spiro atoms. The number of carbonyl (C=O) groups excluding carboxylic acids is 1. The van der Waals surface area contributed by atoms with Crippen LogP contribution in [0.2, 0.25) is 0 Å². The number of aryl methyl sites for hydroxylation is 1. The lowest BCUT2D eigenvalue weighted by Gasteiger charge is -2.14. The number of hydrogen-bond acceptors (Lipinski definition) is 3. The number of benzene rings is 4. The zero-order chi connectivity index (χ0) is 25.9. The van der Waals surface area contributed by atoms with E-state index in [1.165, 1.54) is 34.4 Å². The molecule has 0 saturated heterocycles. The molecule has 0 saturated carbocycles. The van der Waals surface area contributed by atoms with Crippen LogP contribution in [0.15, 0.2) is 103 Å². The SMILES string of the molecule is Cc1ccccc1-c1ccc(Cn2ccc3cc(C(=O)NC(C)c4ccc([N+](=O)[O-])cc4)ccc32)cc1. The number of rotatable bonds is 7. The summed E-state index contributed by atoms with van der Waals surface area (Å²) in [5.41, 5.74) is 7.37. The predicted molar refractivity (Wildman–Crippen MR) is 147 cm³/mol. The molecule has 0 aliphatic rings. The number of nitro groups is 1. The van der Waals surface area contributed by atoms with Crippen LogP contribution in [0.25, 0.3) is 22.0 Å². The van der Waals surface area contributed by atoms with Gasteiger partial charge in [0.15, 0.2) is 0 Å². The molecule has 0 fully saturated rings. The van der Waals surface area contributed by atoms with Gasteiger partial charge in [0, 0.05) is 41.3 Å². The van der Waals surface area contributed by atoms with Gasteiger partial charge in [-0.05, 0) is 65.9 Å². The molecule has 1 aromatic heterocycles. The van der Waals surface area contributed by atoms with Crippen molar-refractivity contribution in [2.24, 2.45) is 0 Å². The van der Waals surface area contributed by atoms with E-state index in [2.05, 4.69) is 65.3 Å². The Labute approximate surface area is 215 Å². The highest BCUT2D eigenvalue weighted by Crippen LogP contribution is 2.25. The molecule has 6 nitrogen and oxygen atoms in total. The highest BCUT2D eigenvalue weighted by atomic mass is 16.6. The molecule has 37 heavy (non-hydrogen) atoms. The molecular weight excluding hydrogens is 462 g/mol. The van der Waals surface area contributed by atoms with Crippen molar-refractivity contribution in [2.75, 3.05) is 0 Å². The Balaban J connectivity index is 1.28. The molecule has 0 radical (unpaired) electrons. The number of fused-ring (bicyclic) bond motifs is 1. The molecule has 6 heteroatoms. The second-order valence-corrected chi connectivity index (χ2v) is 9.27. The Bertz CT molecular complexity index is 1580. The Hall–Kier alpha value is -4.71. The summed E-state index contributed by atoms with van der Waals surface area (Å²) < 4.78 is 2.18. The van der Waals surface area contributed by atoms with Gasteiger partial charge in [0.2, 0.25) is 0 Å². The van der Waals surface area contributed by atoms with Gasteiger partial charge in [-0.2, -0.15) is 0 Å². The molecule has 0 aliphatic heterocycles. The third kappa shape index (κ3) is 5.14. The van der Waals surface area contributed by atoms with Gasteiger partial charge in [-0.1, -0.05) is 60.7 Å². The van der Waals surface area contributed by atoms with Crippen molar-refractivity contribution in [3.05, 3.63) is 136 Å². The van der Waals surface area contributed by atoms with Crippen LogP contribution >= 0.6 is 0 Å². The van der Waals surface area contributed by atoms with Crippen molar-refractivity contribution in [1.82, 2.24) is 9.88 Å². The number of aromatic nitrogens is 1. The number of non-ortho nitro benzene ring substituents is 1. The smallest absolute Gasteiger partial charge is 0.269 e. The van der Waals surface area contributed by atoms with Gasteiger partial charge in [0.1, 0.15) is 0 Å². The summed E-state index contributed by atoms with van der Waals surface area (Å²) in [4.78, 5) is 23.3. The Morgan fingerprint density at radius 2 is 1.68 bits per heavy atom. The van der Waals surface area contributed by atoms with Crippen molar-refractivity contribution in [3.8, 4) is 11.1 Å². The minimum Gasteiger partial charge on any atom is -0.346 e. The fourth-order valence-corrected chi connectivity index (χ4v) is 4.61. The average molecular weight is 490 g/mol. The van der Waals surface area contributed by atoms with Crippen LogP contribution in [-0.4, -0.2) is 15.4 Å². The summed E-state index contributed by atoms with van der Waals surface area (Å²) in [6, 6.07) is 30.7. The van der Waals surface area contributed by atoms with Gasteiger partial charge in [0.25, 0.3) is 11.6 Å². The molecule has 1 atom stereocenters. The summed E-state index contributed by atoms with van der Waals surface area (Å²) in [7, 11) is 0. The Morgan fingerprint density at radius 1 is 0.946 bits per heavy atom. The molecule has 5 aromatic rings. The lowest BCUT2D eigenvalue weighted by molar-refractivity contribution is -0.384. The summed E-state index contributed by atoms with van der Waals surface area (Å²) in [6.45, 7) is 4.72. The first kappa shape index (κ1) is 24.0. The van der Waals surface area contributed by atoms with Crippen LogP contribution in [-0.2, 0) is 6.54 Å². The number of carbonyl (C=O) groups is 1. The summed E-state index contributed by atoms with van der Waals surface area (Å²) >= 11 is 0. The topological polar surface area (TPSA) is 77.2 Å². The fourth-order valence-electron chi connectivity index (χ4n) is 4.61. The van der Waals surface area contributed by atoms with E-state index in [0.717, 1.165) is 23.0 Å². The number of amides is 1. The number of nitrogens with one attached hydrogen (secondary N) is 1. The molecule has 184 valence electrons. The van der Waals surface area contributed by atoms with Crippen LogP contribution in [0.1, 0.15) is 40.0 Å². The van der Waals surface area contributed by atoms with Crippen molar-refractivity contribution in [3.63, 3.8) is 0 Å². The maximum atomic E-state index is 12.9. The number of hydrogen-bond donors (Lipinski definition) is 1. The largest absolute Gasteiger partial charge is 0.346 e. The molecule has 1 amide bonds. The third-order valence-electron chi connectivity index (χ3n) is 6.75. The van der Waals surface area contributed by atoms with Gasteiger partial charge in [-0.15, -0.1) is 0 Å². The first-order valence-electron chi connectivity index (χ1n) is 12.2. The van der Waals surface area contributed by atoms with Crippen molar-refractivity contribution in [2.45, 2.75) is 26.4 Å². The molecule has 5 rings (SSSR count). The quantitative estimate of drug-likeness (QED) is 0.196. The Morgan fingerprint density at radius 3 is 2.38 bits per heavy atom. The van der Waals surface area contributed by atoms with Crippen LogP contribution in [0, 0.1) is 17.0 Å². The molecule has 0 aliphatic carbocycles. The summed E-state index contributed by atoms with van der Waals surface area (Å²) in [5.74, 6) is -0.188. The fraction of sp³-hybridized carbons (Fsp3) is 0.129. The highest BCUT2D eigenvalue weighted by molar-refractivity contribution is 5.98. The molecular formula is C31H27N3O3. The second kappa shape index (κ2) is 10.1. The minimum atomic E-state index is -0.436. The lowest BCUT2D eigenvalue weighted by Crippen LogP contribution is -2.26. The first-order valence-corrected chi connectivity index (χ1v) is 12.2. The molecule has 1 heterocycles. The van der Waals surface area contributed by atoms with E-state index in [-0.39, 0.29) is 17.6 Å². The van der Waals surface area contributed by atoms with Gasteiger partial charge >= 0.3 is 0 Å². The highest BCUT2D eigenvalue weighted by Gasteiger charge is 2.14. The lowest BCUT2D eigenvalue weighted by atomic mass is 9.99. The van der Waals surface area contributed by atoms with E-state index < -0.39 is 4.92 Å². The van der Waals surface area contributed by atoms with Crippen molar-refractivity contribution >= 4 is 22.5 Å². The van der Waals surface area contributed by atoms with Crippen LogP contribution in [0.4, 0.5) is 5.69 Å². The van der Waals surface area contributed by atoms with E-state index in [1.807, 2.05) is 37.4 Å². The average Bonchev–Trinajstić information content (AvgIpc) is 3.31. The van der Waals surface area contributed by atoms with Crippen LogP contribution in [0.5, 0.6) is 0 Å². The van der Waals surface area contributed by atoms with Crippen LogP contribution < -0.4 is 5.32 Å². The Kier molecular flexibility index (Phi) is 6.56. The van der Waals surface area contributed by atoms with E-state index in [9.17, 15) is 14.9 Å². The monoisotopic (exact) mass is 489 g/mol. The number of nitrogens with zero attached hydrogens (tertiary/aromatic N) is 2. The zero-order valence-corrected chi connectivity index (χ0v) is 20.7. The van der Waals surface area contributed by atoms with Gasteiger partial charge < -0.3 is 9.88 Å². The standard InChI is InChI=1S/C31H27N3O3/c1-21-5-3-4-6-29(21)25-9-7-23(8-10-25)20-33-18-17-26-19-27(13-16-30(26)33)31(35)32-22(2)24-11-14-28(15-12-24)34(36)37/h3-19,22H,20H2,1-2H3,(H,32,35). The maximum absolute atomic E-state index is 12.9. The summed E-state index contributed by atoms with van der Waals surface area (Å²) in [6.07, 6.45) is 2.04. The molecule has 1 unspecified atom stereocenters. The van der Waals surface area contributed by atoms with E-state index in [4.69, 9.17) is 0 Å². The second-order valence-electron chi connectivity index (χ2n) is 9.27. The van der Waals surface area contributed by atoms with E-state index in [0.29, 0.717) is 5.56 Å². The van der Waals surface area contributed by atoms with Crippen molar-refractivity contribution < 1.29 is 9.72 Å². The first-order chi connectivity index (χ1) is 17.9. The predicted octanol–water partition coefficient (Wildman–Crippen LogP) is 7.06. The number of nitro benzene ring substituents is 1. The van der Waals surface area contributed by atoms with E-state index >= 15 is 0 Å². The van der Waals surface area contributed by atoms with Gasteiger partial charge in [-0.25, -0.2) is 0 Å². The van der Waals surface area contributed by atoms with E-state index in [1.54, 1.807) is 12.1 Å². The molecule has 1 N–H and O–H groups in total. The minimum absolute atomic E-state index is 0.0273. The molecule has 4 aromatic carbocycles. The third-order valence-corrected chi connectivity index (χ3v) is 6.75. The maximum Gasteiger partial charge on any atom is 0.269 e. The zero-order valence-electron chi connectivity index (χ0n) is 20.7. The van der Waals surface area contributed by atoms with Gasteiger partial charge in [-0.3, -0.25) is 14.9 Å². The summed E-state index contributed by atoms with van der Waals surface area (Å²) in [5, 5.41) is 14.8. The van der Waals surface area contributed by atoms with Crippen LogP contribution in [0.3, 0.4) is 0 Å². The van der Waals surface area contributed by atoms with Crippen molar-refractivity contribution in [1.29, 1.82) is 0 Å².